The lowest BCUT2D eigenvalue weighted by molar-refractivity contribution is -0.159. The molecule has 0 aliphatic carbocycles. The lowest BCUT2D eigenvalue weighted by atomic mass is 9.80. The molecule has 0 bridgehead atoms. The molecule has 1 heterocycles. The summed E-state index contributed by atoms with van der Waals surface area (Å²) in [5.41, 5.74) is -0.634. The zero-order valence-corrected chi connectivity index (χ0v) is 7.45. The van der Waals surface area contributed by atoms with Crippen LogP contribution in [0.5, 0.6) is 0 Å². The van der Waals surface area contributed by atoms with Crippen molar-refractivity contribution in [2.45, 2.75) is 25.9 Å². The SMILES string of the molecule is C=CCC1(C)CC(=O)OC1C(=O)O. The van der Waals surface area contributed by atoms with E-state index in [9.17, 15) is 9.59 Å². The first-order valence-corrected chi connectivity index (χ1v) is 4.03. The van der Waals surface area contributed by atoms with Gasteiger partial charge in [0.05, 0.1) is 6.42 Å². The van der Waals surface area contributed by atoms with Gasteiger partial charge in [-0.15, -0.1) is 6.58 Å². The van der Waals surface area contributed by atoms with Crippen LogP contribution in [-0.4, -0.2) is 23.1 Å². The van der Waals surface area contributed by atoms with Crippen molar-refractivity contribution in [3.63, 3.8) is 0 Å². The van der Waals surface area contributed by atoms with Gasteiger partial charge in [0, 0.05) is 5.41 Å². The second-order valence-corrected chi connectivity index (χ2v) is 3.53. The van der Waals surface area contributed by atoms with E-state index in [1.54, 1.807) is 13.0 Å². The Hall–Kier alpha value is -1.32. The minimum Gasteiger partial charge on any atom is -0.478 e. The van der Waals surface area contributed by atoms with Gasteiger partial charge in [0.2, 0.25) is 6.10 Å². The number of carbonyl (C=O) groups excluding carboxylic acids is 1. The summed E-state index contributed by atoms with van der Waals surface area (Å²) in [5, 5.41) is 8.78. The van der Waals surface area contributed by atoms with Gasteiger partial charge in [-0.3, -0.25) is 4.79 Å². The fourth-order valence-electron chi connectivity index (χ4n) is 1.60. The third kappa shape index (κ3) is 1.71. The summed E-state index contributed by atoms with van der Waals surface area (Å²) >= 11 is 0. The second-order valence-electron chi connectivity index (χ2n) is 3.53. The summed E-state index contributed by atoms with van der Waals surface area (Å²) in [5.74, 6) is -1.54. The fraction of sp³-hybridized carbons (Fsp3) is 0.556. The molecular formula is C9H12O4. The summed E-state index contributed by atoms with van der Waals surface area (Å²) < 4.78 is 4.70. The Balaban J connectivity index is 2.87. The summed E-state index contributed by atoms with van der Waals surface area (Å²) in [4.78, 5) is 21.7. The van der Waals surface area contributed by atoms with Crippen molar-refractivity contribution in [2.75, 3.05) is 0 Å². The predicted molar refractivity (Wildman–Crippen MR) is 45.1 cm³/mol. The molecule has 1 N–H and O–H groups in total. The molecule has 1 aliphatic rings. The lowest BCUT2D eigenvalue weighted by Gasteiger charge is -2.23. The van der Waals surface area contributed by atoms with Gasteiger partial charge in [-0.2, -0.15) is 0 Å². The van der Waals surface area contributed by atoms with Crippen LogP contribution in [-0.2, 0) is 14.3 Å². The number of carboxylic acids is 1. The average Bonchev–Trinajstić information content (AvgIpc) is 2.26. The highest BCUT2D eigenvalue weighted by Crippen LogP contribution is 2.38. The molecule has 0 radical (unpaired) electrons. The average molecular weight is 184 g/mol. The molecular weight excluding hydrogens is 172 g/mol. The van der Waals surface area contributed by atoms with Crippen LogP contribution in [0.15, 0.2) is 12.7 Å². The summed E-state index contributed by atoms with van der Waals surface area (Å²) in [6, 6.07) is 0. The molecule has 0 saturated carbocycles. The number of cyclic esters (lactones) is 1. The molecule has 0 aromatic rings. The normalized spacial score (nSPS) is 32.7. The smallest absolute Gasteiger partial charge is 0.345 e. The maximum absolute atomic E-state index is 10.9. The van der Waals surface area contributed by atoms with Crippen LogP contribution >= 0.6 is 0 Å². The Labute approximate surface area is 76.2 Å². The molecule has 72 valence electrons. The number of esters is 1. The Bertz CT molecular complexity index is 258. The molecule has 0 spiro atoms. The third-order valence-corrected chi connectivity index (χ3v) is 2.27. The van der Waals surface area contributed by atoms with Crippen LogP contribution in [0.2, 0.25) is 0 Å². The summed E-state index contributed by atoms with van der Waals surface area (Å²) in [6.07, 6.45) is 1.20. The highest BCUT2D eigenvalue weighted by Gasteiger charge is 2.48. The van der Waals surface area contributed by atoms with E-state index >= 15 is 0 Å². The number of carbonyl (C=O) groups is 2. The van der Waals surface area contributed by atoms with Crippen molar-refractivity contribution >= 4 is 11.9 Å². The molecule has 1 aliphatic heterocycles. The number of carboxylic acid groups (broad SMARTS) is 1. The third-order valence-electron chi connectivity index (χ3n) is 2.27. The summed E-state index contributed by atoms with van der Waals surface area (Å²) in [6.45, 7) is 5.25. The van der Waals surface area contributed by atoms with E-state index in [4.69, 9.17) is 9.84 Å². The van der Waals surface area contributed by atoms with Crippen LogP contribution < -0.4 is 0 Å². The van der Waals surface area contributed by atoms with E-state index in [2.05, 4.69) is 6.58 Å². The van der Waals surface area contributed by atoms with Crippen LogP contribution in [0.3, 0.4) is 0 Å². The Kier molecular flexibility index (Phi) is 2.40. The number of hydrogen-bond acceptors (Lipinski definition) is 3. The van der Waals surface area contributed by atoms with Crippen molar-refractivity contribution in [3.8, 4) is 0 Å². The number of rotatable bonds is 3. The van der Waals surface area contributed by atoms with E-state index in [1.165, 1.54) is 0 Å². The summed E-state index contributed by atoms with van der Waals surface area (Å²) in [7, 11) is 0. The molecule has 1 fully saturated rings. The molecule has 0 amide bonds. The van der Waals surface area contributed by atoms with Crippen LogP contribution in [0, 0.1) is 5.41 Å². The minimum absolute atomic E-state index is 0.149. The van der Waals surface area contributed by atoms with Gasteiger partial charge in [-0.05, 0) is 6.42 Å². The van der Waals surface area contributed by atoms with Crippen molar-refractivity contribution in [2.24, 2.45) is 5.41 Å². The van der Waals surface area contributed by atoms with Crippen LogP contribution in [0.1, 0.15) is 19.8 Å². The molecule has 1 saturated heterocycles. The number of hydrogen-bond donors (Lipinski definition) is 1. The number of ether oxygens (including phenoxy) is 1. The van der Waals surface area contributed by atoms with Crippen molar-refractivity contribution < 1.29 is 19.4 Å². The van der Waals surface area contributed by atoms with Gasteiger partial charge in [0.1, 0.15) is 0 Å². The first kappa shape index (κ1) is 9.77. The second kappa shape index (κ2) is 3.20. The van der Waals surface area contributed by atoms with E-state index < -0.39 is 23.5 Å². The van der Waals surface area contributed by atoms with E-state index in [-0.39, 0.29) is 6.42 Å². The monoisotopic (exact) mass is 184 g/mol. The van der Waals surface area contributed by atoms with E-state index in [1.807, 2.05) is 0 Å². The fourth-order valence-corrected chi connectivity index (χ4v) is 1.60. The van der Waals surface area contributed by atoms with Crippen molar-refractivity contribution in [3.05, 3.63) is 12.7 Å². The quantitative estimate of drug-likeness (QED) is 0.524. The molecule has 13 heavy (non-hydrogen) atoms. The molecule has 2 atom stereocenters. The zero-order chi connectivity index (χ0) is 10.1. The van der Waals surface area contributed by atoms with E-state index in [0.29, 0.717) is 6.42 Å². The van der Waals surface area contributed by atoms with Crippen molar-refractivity contribution in [1.82, 2.24) is 0 Å². The lowest BCUT2D eigenvalue weighted by Crippen LogP contribution is -2.34. The Morgan fingerprint density at radius 3 is 3.00 bits per heavy atom. The molecule has 0 aromatic carbocycles. The first-order valence-electron chi connectivity index (χ1n) is 4.03. The van der Waals surface area contributed by atoms with Gasteiger partial charge >= 0.3 is 11.9 Å². The standard InChI is InChI=1S/C9H12O4/c1-3-4-9(2)5-6(10)13-7(9)8(11)12/h3,7H,1,4-5H2,2H3,(H,11,12). The number of aliphatic carboxylic acids is 1. The first-order chi connectivity index (χ1) is 5.99. The highest BCUT2D eigenvalue weighted by atomic mass is 16.6. The zero-order valence-electron chi connectivity index (χ0n) is 7.45. The molecule has 0 aromatic heterocycles. The van der Waals surface area contributed by atoms with Gasteiger partial charge in [-0.1, -0.05) is 13.0 Å². The Morgan fingerprint density at radius 2 is 2.54 bits per heavy atom. The minimum atomic E-state index is -1.09. The van der Waals surface area contributed by atoms with Crippen molar-refractivity contribution in [1.29, 1.82) is 0 Å². The molecule has 4 heteroatoms. The van der Waals surface area contributed by atoms with Gasteiger partial charge < -0.3 is 9.84 Å². The van der Waals surface area contributed by atoms with Crippen LogP contribution in [0.25, 0.3) is 0 Å². The maximum atomic E-state index is 10.9. The Morgan fingerprint density at radius 1 is 1.92 bits per heavy atom. The molecule has 2 unspecified atom stereocenters. The van der Waals surface area contributed by atoms with Gasteiger partial charge in [0.15, 0.2) is 0 Å². The van der Waals surface area contributed by atoms with Gasteiger partial charge in [0.25, 0.3) is 0 Å². The van der Waals surface area contributed by atoms with Crippen LogP contribution in [0.4, 0.5) is 0 Å². The maximum Gasteiger partial charge on any atom is 0.345 e. The number of allylic oxidation sites excluding steroid dienone is 1. The molecule has 1 rings (SSSR count). The van der Waals surface area contributed by atoms with E-state index in [0.717, 1.165) is 0 Å². The molecule has 4 nitrogen and oxygen atoms in total. The predicted octanol–water partition coefficient (Wildman–Crippen LogP) is 0.969. The largest absolute Gasteiger partial charge is 0.478 e. The van der Waals surface area contributed by atoms with Gasteiger partial charge in [-0.25, -0.2) is 4.79 Å². The highest BCUT2D eigenvalue weighted by molar-refractivity contribution is 5.83. The topological polar surface area (TPSA) is 63.6 Å².